The summed E-state index contributed by atoms with van der Waals surface area (Å²) in [4.78, 5) is 0. The van der Waals surface area contributed by atoms with E-state index in [1.165, 1.54) is 16.8 Å². The summed E-state index contributed by atoms with van der Waals surface area (Å²) in [6.07, 6.45) is 2.93. The van der Waals surface area contributed by atoms with Crippen LogP contribution in [0.4, 0.5) is 0 Å². The van der Waals surface area contributed by atoms with E-state index in [1.54, 1.807) is 0 Å². The van der Waals surface area contributed by atoms with Crippen molar-refractivity contribution in [2.45, 2.75) is 26.3 Å². The first-order valence-electron chi connectivity index (χ1n) is 6.60. The van der Waals surface area contributed by atoms with E-state index < -0.39 is 0 Å². The fourth-order valence-electron chi connectivity index (χ4n) is 2.29. The molecule has 1 aromatic heterocycles. The molecule has 4 heteroatoms. The van der Waals surface area contributed by atoms with Crippen LogP contribution in [0.25, 0.3) is 0 Å². The number of halogens is 1. The quantitative estimate of drug-likeness (QED) is 0.907. The molecule has 1 aromatic carbocycles. The van der Waals surface area contributed by atoms with Crippen molar-refractivity contribution in [1.29, 1.82) is 0 Å². The van der Waals surface area contributed by atoms with Gasteiger partial charge >= 0.3 is 0 Å². The zero-order valence-corrected chi connectivity index (χ0v) is 12.4. The highest BCUT2D eigenvalue weighted by atomic mass is 35.5. The molecule has 0 fully saturated rings. The van der Waals surface area contributed by atoms with E-state index in [0.29, 0.717) is 0 Å². The van der Waals surface area contributed by atoms with Gasteiger partial charge in [-0.25, -0.2) is 0 Å². The normalized spacial score (nSPS) is 12.6. The van der Waals surface area contributed by atoms with E-state index in [2.05, 4.69) is 36.4 Å². The molecule has 19 heavy (non-hydrogen) atoms. The Balaban J connectivity index is 2.40. The van der Waals surface area contributed by atoms with Crippen LogP contribution < -0.4 is 5.32 Å². The highest BCUT2D eigenvalue weighted by Gasteiger charge is 2.18. The average Bonchev–Trinajstić information content (AvgIpc) is 2.78. The third-order valence-electron chi connectivity index (χ3n) is 3.30. The summed E-state index contributed by atoms with van der Waals surface area (Å²) < 4.78 is 1.92. The Morgan fingerprint density at radius 2 is 2.16 bits per heavy atom. The molecule has 1 N–H and O–H groups in total. The molecule has 0 saturated carbocycles. The maximum Gasteiger partial charge on any atom is 0.0750 e. The van der Waals surface area contributed by atoms with Gasteiger partial charge in [-0.2, -0.15) is 5.10 Å². The minimum absolute atomic E-state index is 0.157. The Bertz CT molecular complexity index is 548. The molecule has 0 saturated heterocycles. The molecular weight excluding hydrogens is 258 g/mol. The number of hydrogen-bond donors (Lipinski definition) is 1. The lowest BCUT2D eigenvalue weighted by molar-refractivity contribution is 0.552. The lowest BCUT2D eigenvalue weighted by Gasteiger charge is -2.21. The highest BCUT2D eigenvalue weighted by molar-refractivity contribution is 6.30. The van der Waals surface area contributed by atoms with Crippen molar-refractivity contribution in [1.82, 2.24) is 15.1 Å². The van der Waals surface area contributed by atoms with Crippen LogP contribution in [0.3, 0.4) is 0 Å². The predicted octanol–water partition coefficient (Wildman–Crippen LogP) is 3.47. The van der Waals surface area contributed by atoms with Gasteiger partial charge in [0.2, 0.25) is 0 Å². The molecule has 3 nitrogen and oxygen atoms in total. The first kappa shape index (κ1) is 14.1. The minimum atomic E-state index is 0.157. The van der Waals surface area contributed by atoms with Crippen LogP contribution in [0.1, 0.15) is 36.2 Å². The zero-order chi connectivity index (χ0) is 13.8. The first-order valence-corrected chi connectivity index (χ1v) is 6.98. The highest BCUT2D eigenvalue weighted by Crippen LogP contribution is 2.26. The molecule has 0 aliphatic rings. The minimum Gasteiger partial charge on any atom is -0.305 e. The second-order valence-electron chi connectivity index (χ2n) is 4.77. The Morgan fingerprint density at radius 3 is 2.74 bits per heavy atom. The van der Waals surface area contributed by atoms with Crippen molar-refractivity contribution in [2.75, 3.05) is 6.54 Å². The fourth-order valence-corrected chi connectivity index (χ4v) is 2.52. The standard InChI is InChI=1S/C15H20ClN3/c1-4-8-17-15(14-7-9-18-19(14)3)13-6-5-12(16)10-11(13)2/h5-7,9-10,15,17H,4,8H2,1-3H3. The van der Waals surface area contributed by atoms with Crippen LogP contribution in [0, 0.1) is 6.92 Å². The summed E-state index contributed by atoms with van der Waals surface area (Å²) in [6.45, 7) is 5.23. The molecule has 2 aromatic rings. The van der Waals surface area contributed by atoms with Gasteiger partial charge in [-0.15, -0.1) is 0 Å². The number of rotatable bonds is 5. The number of nitrogens with zero attached hydrogens (tertiary/aromatic N) is 2. The molecule has 0 aliphatic carbocycles. The van der Waals surface area contributed by atoms with Gasteiger partial charge in [0.15, 0.2) is 0 Å². The van der Waals surface area contributed by atoms with Gasteiger partial charge in [0.25, 0.3) is 0 Å². The molecule has 2 rings (SSSR count). The number of aromatic nitrogens is 2. The van der Waals surface area contributed by atoms with E-state index >= 15 is 0 Å². The van der Waals surface area contributed by atoms with Gasteiger partial charge in [-0.1, -0.05) is 24.6 Å². The van der Waals surface area contributed by atoms with E-state index in [9.17, 15) is 0 Å². The molecule has 0 amide bonds. The van der Waals surface area contributed by atoms with Gasteiger partial charge in [0.05, 0.1) is 11.7 Å². The summed E-state index contributed by atoms with van der Waals surface area (Å²) in [6, 6.07) is 8.26. The van der Waals surface area contributed by atoms with Crippen LogP contribution in [0.2, 0.25) is 5.02 Å². The van der Waals surface area contributed by atoms with Crippen LogP contribution in [0.5, 0.6) is 0 Å². The molecule has 0 bridgehead atoms. The Kier molecular flexibility index (Phi) is 4.61. The Labute approximate surface area is 119 Å². The number of benzene rings is 1. The van der Waals surface area contributed by atoms with Gasteiger partial charge in [0.1, 0.15) is 0 Å². The summed E-state index contributed by atoms with van der Waals surface area (Å²) in [7, 11) is 1.97. The maximum atomic E-state index is 6.04. The second-order valence-corrected chi connectivity index (χ2v) is 5.20. The number of hydrogen-bond acceptors (Lipinski definition) is 2. The van der Waals surface area contributed by atoms with E-state index in [-0.39, 0.29) is 6.04 Å². The van der Waals surface area contributed by atoms with Crippen LogP contribution in [0.15, 0.2) is 30.5 Å². The zero-order valence-electron chi connectivity index (χ0n) is 11.7. The molecule has 1 atom stereocenters. The van der Waals surface area contributed by atoms with Crippen molar-refractivity contribution >= 4 is 11.6 Å². The third-order valence-corrected chi connectivity index (χ3v) is 3.53. The third kappa shape index (κ3) is 3.17. The number of nitrogens with one attached hydrogen (secondary N) is 1. The van der Waals surface area contributed by atoms with E-state index in [1.807, 2.05) is 30.1 Å². The van der Waals surface area contributed by atoms with Crippen LogP contribution in [-0.4, -0.2) is 16.3 Å². The molecule has 0 aliphatic heterocycles. The van der Waals surface area contributed by atoms with E-state index in [4.69, 9.17) is 11.6 Å². The topological polar surface area (TPSA) is 29.9 Å². The van der Waals surface area contributed by atoms with Crippen molar-refractivity contribution in [3.05, 3.63) is 52.3 Å². The Hall–Kier alpha value is -1.32. The van der Waals surface area contributed by atoms with Gasteiger partial charge in [-0.05, 0) is 49.2 Å². The molecule has 0 radical (unpaired) electrons. The smallest absolute Gasteiger partial charge is 0.0750 e. The SMILES string of the molecule is CCCNC(c1ccc(Cl)cc1C)c1ccnn1C. The average molecular weight is 278 g/mol. The summed E-state index contributed by atoms with van der Waals surface area (Å²) >= 11 is 6.04. The number of aryl methyl sites for hydroxylation is 2. The lowest BCUT2D eigenvalue weighted by Crippen LogP contribution is -2.26. The van der Waals surface area contributed by atoms with Crippen LogP contribution >= 0.6 is 11.6 Å². The van der Waals surface area contributed by atoms with Crippen molar-refractivity contribution < 1.29 is 0 Å². The summed E-state index contributed by atoms with van der Waals surface area (Å²) in [5.74, 6) is 0. The van der Waals surface area contributed by atoms with Crippen LogP contribution in [-0.2, 0) is 7.05 Å². The van der Waals surface area contributed by atoms with Gasteiger partial charge < -0.3 is 5.32 Å². The van der Waals surface area contributed by atoms with Crippen molar-refractivity contribution in [3.63, 3.8) is 0 Å². The van der Waals surface area contributed by atoms with Gasteiger partial charge in [-0.3, -0.25) is 4.68 Å². The lowest BCUT2D eigenvalue weighted by atomic mass is 9.98. The summed E-state index contributed by atoms with van der Waals surface area (Å²) in [5.41, 5.74) is 3.61. The van der Waals surface area contributed by atoms with Crippen molar-refractivity contribution in [2.24, 2.45) is 7.05 Å². The van der Waals surface area contributed by atoms with E-state index in [0.717, 1.165) is 18.0 Å². The molecule has 1 unspecified atom stereocenters. The molecule has 1 heterocycles. The monoisotopic (exact) mass is 277 g/mol. The summed E-state index contributed by atoms with van der Waals surface area (Å²) in [5, 5.41) is 8.63. The fraction of sp³-hybridized carbons (Fsp3) is 0.400. The van der Waals surface area contributed by atoms with Gasteiger partial charge in [0, 0.05) is 18.3 Å². The first-order chi connectivity index (χ1) is 9.13. The predicted molar refractivity (Wildman–Crippen MR) is 79.5 cm³/mol. The molecule has 102 valence electrons. The van der Waals surface area contributed by atoms with Crippen molar-refractivity contribution in [3.8, 4) is 0 Å². The maximum absolute atomic E-state index is 6.04. The largest absolute Gasteiger partial charge is 0.305 e. The second kappa shape index (κ2) is 6.22. The molecule has 0 spiro atoms. The Morgan fingerprint density at radius 1 is 1.37 bits per heavy atom. The molecular formula is C15H20ClN3.